The summed E-state index contributed by atoms with van der Waals surface area (Å²) < 4.78 is 0. The molecule has 1 fully saturated rings. The van der Waals surface area contributed by atoms with Crippen LogP contribution >= 0.6 is 0 Å². The minimum atomic E-state index is 0.166. The Morgan fingerprint density at radius 2 is 1.92 bits per heavy atom. The first-order chi connectivity index (χ1) is 12.8. The van der Waals surface area contributed by atoms with Gasteiger partial charge >= 0.3 is 0 Å². The average molecular weight is 344 g/mol. The summed E-state index contributed by atoms with van der Waals surface area (Å²) in [7, 11) is 0. The molecule has 4 rings (SSSR count). The second-order valence-corrected chi connectivity index (χ2v) is 7.07. The molecule has 26 heavy (non-hydrogen) atoms. The molecule has 2 aromatic carbocycles. The molecule has 0 N–H and O–H groups in total. The summed E-state index contributed by atoms with van der Waals surface area (Å²) in [5.74, 6) is 0.166. The van der Waals surface area contributed by atoms with Crippen molar-refractivity contribution < 1.29 is 4.79 Å². The highest BCUT2D eigenvalue weighted by Gasteiger charge is 2.28. The molecule has 0 saturated carbocycles. The van der Waals surface area contributed by atoms with Crippen molar-refractivity contribution in [2.75, 3.05) is 6.54 Å². The first kappa shape index (κ1) is 16.8. The van der Waals surface area contributed by atoms with Gasteiger partial charge in [0.1, 0.15) is 0 Å². The highest BCUT2D eigenvalue weighted by atomic mass is 16.2. The van der Waals surface area contributed by atoms with E-state index in [1.54, 1.807) is 6.20 Å². The number of benzene rings is 2. The van der Waals surface area contributed by atoms with E-state index in [2.05, 4.69) is 40.2 Å². The van der Waals surface area contributed by atoms with Crippen molar-refractivity contribution >= 4 is 16.7 Å². The van der Waals surface area contributed by atoms with Crippen molar-refractivity contribution in [2.45, 2.75) is 38.1 Å². The van der Waals surface area contributed by atoms with Gasteiger partial charge in [0, 0.05) is 35.9 Å². The number of fused-ring (bicyclic) bond motifs is 1. The molecule has 0 aliphatic carbocycles. The van der Waals surface area contributed by atoms with Crippen molar-refractivity contribution in [3.8, 4) is 0 Å². The van der Waals surface area contributed by atoms with Gasteiger partial charge in [0.2, 0.25) is 0 Å². The number of likely N-dealkylation sites (tertiary alicyclic amines) is 1. The third-order valence-corrected chi connectivity index (χ3v) is 5.41. The van der Waals surface area contributed by atoms with E-state index in [0.717, 1.165) is 48.6 Å². The number of aromatic nitrogens is 1. The molecule has 3 heteroatoms. The lowest BCUT2D eigenvalue weighted by Crippen LogP contribution is -2.44. The van der Waals surface area contributed by atoms with Gasteiger partial charge in [-0.3, -0.25) is 9.78 Å². The van der Waals surface area contributed by atoms with E-state index in [4.69, 9.17) is 0 Å². The van der Waals surface area contributed by atoms with Crippen LogP contribution in [0.25, 0.3) is 10.8 Å². The number of rotatable bonds is 4. The maximum Gasteiger partial charge on any atom is 0.254 e. The number of amides is 1. The molecule has 0 bridgehead atoms. The Bertz CT molecular complexity index is 886. The zero-order valence-electron chi connectivity index (χ0n) is 15.0. The molecule has 132 valence electrons. The van der Waals surface area contributed by atoms with Gasteiger partial charge in [0.25, 0.3) is 5.91 Å². The molecule has 1 aliphatic heterocycles. The average Bonchev–Trinajstić information content (AvgIpc) is 2.72. The van der Waals surface area contributed by atoms with Crippen LogP contribution in [-0.4, -0.2) is 28.4 Å². The lowest BCUT2D eigenvalue weighted by molar-refractivity contribution is 0.0604. The van der Waals surface area contributed by atoms with Crippen molar-refractivity contribution in [3.63, 3.8) is 0 Å². The van der Waals surface area contributed by atoms with E-state index < -0.39 is 0 Å². The number of carbonyl (C=O) groups excluding carboxylic acids is 1. The second kappa shape index (κ2) is 7.69. The number of nitrogens with zero attached hydrogens (tertiary/aromatic N) is 2. The molecule has 1 saturated heterocycles. The van der Waals surface area contributed by atoms with Crippen LogP contribution in [0.15, 0.2) is 67.0 Å². The smallest absolute Gasteiger partial charge is 0.254 e. The number of carbonyl (C=O) groups is 1. The molecule has 1 aromatic heterocycles. The van der Waals surface area contributed by atoms with E-state index in [1.165, 1.54) is 12.0 Å². The number of pyridine rings is 1. The first-order valence-corrected chi connectivity index (χ1v) is 9.50. The minimum absolute atomic E-state index is 0.166. The molecule has 1 aliphatic rings. The monoisotopic (exact) mass is 344 g/mol. The Morgan fingerprint density at radius 3 is 2.81 bits per heavy atom. The van der Waals surface area contributed by atoms with Gasteiger partial charge in [-0.05, 0) is 55.2 Å². The fourth-order valence-electron chi connectivity index (χ4n) is 4.01. The Balaban J connectivity index is 1.56. The topological polar surface area (TPSA) is 33.2 Å². The summed E-state index contributed by atoms with van der Waals surface area (Å²) in [6.45, 7) is 0.861. The molecule has 0 radical (unpaired) electrons. The second-order valence-electron chi connectivity index (χ2n) is 7.07. The van der Waals surface area contributed by atoms with Gasteiger partial charge in [-0.1, -0.05) is 42.5 Å². The maximum absolute atomic E-state index is 13.3. The Kier molecular flexibility index (Phi) is 4.96. The summed E-state index contributed by atoms with van der Waals surface area (Å²) in [5.41, 5.74) is 2.15. The van der Waals surface area contributed by atoms with Gasteiger partial charge in [0.15, 0.2) is 0 Å². The van der Waals surface area contributed by atoms with E-state index in [0.29, 0.717) is 6.04 Å². The minimum Gasteiger partial charge on any atom is -0.336 e. The molecular weight excluding hydrogens is 320 g/mol. The van der Waals surface area contributed by atoms with Gasteiger partial charge in [-0.2, -0.15) is 0 Å². The van der Waals surface area contributed by atoms with Crippen molar-refractivity contribution in [1.29, 1.82) is 0 Å². The number of piperidine rings is 1. The van der Waals surface area contributed by atoms with Crippen LogP contribution in [0.3, 0.4) is 0 Å². The molecule has 3 aromatic rings. The predicted octanol–water partition coefficient (Wildman–Crippen LogP) is 4.86. The first-order valence-electron chi connectivity index (χ1n) is 9.50. The Morgan fingerprint density at radius 1 is 1.04 bits per heavy atom. The summed E-state index contributed by atoms with van der Waals surface area (Å²) in [6, 6.07) is 18.8. The fraction of sp³-hybridized carbons (Fsp3) is 0.304. The molecule has 1 atom stereocenters. The zero-order valence-corrected chi connectivity index (χ0v) is 15.0. The Hall–Kier alpha value is -2.68. The standard InChI is InChI=1S/C23H24N2O/c26-23(22-11-6-9-19-17-24-15-14-21(19)22)25-16-5-4-10-20(25)13-12-18-7-2-1-3-8-18/h1-3,6-9,11,14-15,17,20H,4-5,10,12-13,16H2/t20-/m0/s1. The molecule has 1 amide bonds. The molecule has 2 heterocycles. The summed E-state index contributed by atoms with van der Waals surface area (Å²) in [6.07, 6.45) is 9.06. The number of aryl methyl sites for hydroxylation is 1. The van der Waals surface area contributed by atoms with Gasteiger partial charge in [-0.25, -0.2) is 0 Å². The highest BCUT2D eigenvalue weighted by Crippen LogP contribution is 2.26. The third-order valence-electron chi connectivity index (χ3n) is 5.41. The lowest BCUT2D eigenvalue weighted by atomic mass is 9.94. The largest absolute Gasteiger partial charge is 0.336 e. The van der Waals surface area contributed by atoms with Crippen LogP contribution in [0.5, 0.6) is 0 Å². The normalized spacial score (nSPS) is 17.4. The van der Waals surface area contributed by atoms with E-state index in [1.807, 2.05) is 30.5 Å². The van der Waals surface area contributed by atoms with Crippen LogP contribution in [0.4, 0.5) is 0 Å². The summed E-state index contributed by atoms with van der Waals surface area (Å²) >= 11 is 0. The van der Waals surface area contributed by atoms with E-state index in [9.17, 15) is 4.79 Å². The molecule has 0 spiro atoms. The van der Waals surface area contributed by atoms with Crippen molar-refractivity contribution in [1.82, 2.24) is 9.88 Å². The highest BCUT2D eigenvalue weighted by molar-refractivity contribution is 6.06. The van der Waals surface area contributed by atoms with Crippen LogP contribution in [0.1, 0.15) is 41.6 Å². The predicted molar refractivity (Wildman–Crippen MR) is 105 cm³/mol. The van der Waals surface area contributed by atoms with Crippen LogP contribution in [-0.2, 0) is 6.42 Å². The maximum atomic E-state index is 13.3. The van der Waals surface area contributed by atoms with Crippen molar-refractivity contribution in [3.05, 3.63) is 78.1 Å². The number of hydrogen-bond donors (Lipinski definition) is 0. The van der Waals surface area contributed by atoms with Crippen LogP contribution in [0.2, 0.25) is 0 Å². The van der Waals surface area contributed by atoms with Gasteiger partial charge in [0.05, 0.1) is 0 Å². The third kappa shape index (κ3) is 3.48. The van der Waals surface area contributed by atoms with E-state index >= 15 is 0 Å². The lowest BCUT2D eigenvalue weighted by Gasteiger charge is -2.36. The van der Waals surface area contributed by atoms with Crippen molar-refractivity contribution in [2.24, 2.45) is 0 Å². The van der Waals surface area contributed by atoms with E-state index in [-0.39, 0.29) is 5.91 Å². The summed E-state index contributed by atoms with van der Waals surface area (Å²) in [4.78, 5) is 19.6. The zero-order chi connectivity index (χ0) is 17.8. The molecule has 0 unspecified atom stereocenters. The summed E-state index contributed by atoms with van der Waals surface area (Å²) in [5, 5.41) is 2.02. The quantitative estimate of drug-likeness (QED) is 0.677. The SMILES string of the molecule is O=C(c1cccc2cnccc12)N1CCCC[C@H]1CCc1ccccc1. The van der Waals surface area contributed by atoms with Gasteiger partial charge < -0.3 is 4.90 Å². The Labute approximate surface area is 154 Å². The number of hydrogen-bond acceptors (Lipinski definition) is 2. The fourth-order valence-corrected chi connectivity index (χ4v) is 4.01. The van der Waals surface area contributed by atoms with Crippen LogP contribution in [0, 0.1) is 0 Å². The van der Waals surface area contributed by atoms with Gasteiger partial charge in [-0.15, -0.1) is 0 Å². The molecule has 3 nitrogen and oxygen atoms in total. The molecular formula is C23H24N2O. The van der Waals surface area contributed by atoms with Crippen LogP contribution < -0.4 is 0 Å².